The number of nitrogens with one attached hydrogen (secondary N) is 1. The number of ether oxygens (including phenoxy) is 3. The molecule has 0 unspecified atom stereocenters. The zero-order valence-corrected chi connectivity index (χ0v) is 19.1. The van der Waals surface area contributed by atoms with E-state index in [9.17, 15) is 4.79 Å². The average molecular weight is 450 g/mol. The van der Waals surface area contributed by atoms with Gasteiger partial charge in [-0.2, -0.15) is 0 Å². The van der Waals surface area contributed by atoms with Crippen LogP contribution in [0.4, 0.5) is 0 Å². The first-order valence-electron chi connectivity index (χ1n) is 9.64. The third-order valence-corrected chi connectivity index (χ3v) is 5.26. The predicted molar refractivity (Wildman–Crippen MR) is 118 cm³/mol. The maximum absolute atomic E-state index is 12.3. The molecule has 1 saturated heterocycles. The van der Waals surface area contributed by atoms with Crippen LogP contribution in [0.25, 0.3) is 0 Å². The fraction of sp³-hybridized carbons (Fsp3) is 0.650. The standard InChI is InChI=1S/C20H31N3O4.2ClH/c1-25-17-10-16(11-18(26-2)20(17)27-3)14-22-6-8-23(9-7-22)19(24)13-21-12-15-4-5-15;;/h10-11,15,21H,4-9,12-14H2,1-3H3;2*1H. The minimum atomic E-state index is 0. The van der Waals surface area contributed by atoms with Gasteiger partial charge < -0.3 is 24.4 Å². The van der Waals surface area contributed by atoms with Crippen molar-refractivity contribution in [2.75, 3.05) is 60.6 Å². The summed E-state index contributed by atoms with van der Waals surface area (Å²) in [5.41, 5.74) is 1.11. The first kappa shape index (κ1) is 25.6. The molecule has 1 amide bonds. The topological polar surface area (TPSA) is 63.3 Å². The quantitative estimate of drug-likeness (QED) is 0.623. The Morgan fingerprint density at radius 2 is 1.59 bits per heavy atom. The molecular weight excluding hydrogens is 417 g/mol. The number of hydrogen-bond donors (Lipinski definition) is 1. The zero-order valence-electron chi connectivity index (χ0n) is 17.4. The van der Waals surface area contributed by atoms with Gasteiger partial charge in [-0.25, -0.2) is 0 Å². The summed E-state index contributed by atoms with van der Waals surface area (Å²) < 4.78 is 16.2. The van der Waals surface area contributed by atoms with Crippen LogP contribution < -0.4 is 19.5 Å². The summed E-state index contributed by atoms with van der Waals surface area (Å²) in [5.74, 6) is 2.96. The molecule has 0 aromatic heterocycles. The van der Waals surface area contributed by atoms with Crippen molar-refractivity contribution in [3.8, 4) is 17.2 Å². The maximum atomic E-state index is 12.3. The summed E-state index contributed by atoms with van der Waals surface area (Å²) in [6.07, 6.45) is 2.61. The minimum Gasteiger partial charge on any atom is -0.493 e. The lowest BCUT2D eigenvalue weighted by Gasteiger charge is -2.35. The van der Waals surface area contributed by atoms with Crippen LogP contribution in [-0.2, 0) is 11.3 Å². The van der Waals surface area contributed by atoms with Gasteiger partial charge in [0.15, 0.2) is 11.5 Å². The summed E-state index contributed by atoms with van der Waals surface area (Å²) in [7, 11) is 4.86. The number of methoxy groups -OCH3 is 3. The van der Waals surface area contributed by atoms with Crippen LogP contribution in [0.15, 0.2) is 12.1 Å². The highest BCUT2D eigenvalue weighted by Crippen LogP contribution is 2.38. The van der Waals surface area contributed by atoms with E-state index in [1.807, 2.05) is 17.0 Å². The van der Waals surface area contributed by atoms with Crippen LogP contribution in [0.2, 0.25) is 0 Å². The molecule has 1 N–H and O–H groups in total. The van der Waals surface area contributed by atoms with Crippen LogP contribution in [0, 0.1) is 5.92 Å². The van der Waals surface area contributed by atoms with Crippen LogP contribution in [0.3, 0.4) is 0 Å². The molecule has 2 aliphatic rings. The fourth-order valence-electron chi connectivity index (χ4n) is 3.46. The van der Waals surface area contributed by atoms with Crippen molar-refractivity contribution in [1.29, 1.82) is 0 Å². The number of rotatable bonds is 9. The van der Waals surface area contributed by atoms with Gasteiger partial charge in [-0.3, -0.25) is 9.69 Å². The Balaban J connectivity index is 0.00000210. The normalized spacial score (nSPS) is 16.4. The van der Waals surface area contributed by atoms with E-state index in [1.165, 1.54) is 12.8 Å². The summed E-state index contributed by atoms with van der Waals surface area (Å²) in [5, 5.41) is 3.29. The number of carbonyl (C=O) groups is 1. The minimum absolute atomic E-state index is 0. The van der Waals surface area contributed by atoms with Crippen molar-refractivity contribution < 1.29 is 19.0 Å². The summed E-state index contributed by atoms with van der Waals surface area (Å²) in [4.78, 5) is 16.6. The van der Waals surface area contributed by atoms with Crippen LogP contribution in [0.5, 0.6) is 17.2 Å². The molecule has 3 rings (SSSR count). The second-order valence-corrected chi connectivity index (χ2v) is 7.26. The molecule has 29 heavy (non-hydrogen) atoms. The highest BCUT2D eigenvalue weighted by molar-refractivity contribution is 5.85. The molecule has 166 valence electrons. The summed E-state index contributed by atoms with van der Waals surface area (Å²) in [6.45, 7) is 5.51. The molecule has 0 bridgehead atoms. The summed E-state index contributed by atoms with van der Waals surface area (Å²) >= 11 is 0. The number of hydrogen-bond acceptors (Lipinski definition) is 6. The van der Waals surface area contributed by atoms with Crippen molar-refractivity contribution in [2.24, 2.45) is 5.92 Å². The van der Waals surface area contributed by atoms with Gasteiger partial charge >= 0.3 is 0 Å². The third-order valence-electron chi connectivity index (χ3n) is 5.26. The molecule has 1 aromatic rings. The number of nitrogens with zero attached hydrogens (tertiary/aromatic N) is 2. The Kier molecular flexibility index (Phi) is 10.9. The van der Waals surface area contributed by atoms with Crippen LogP contribution in [0.1, 0.15) is 18.4 Å². The average Bonchev–Trinajstić information content (AvgIpc) is 3.52. The monoisotopic (exact) mass is 449 g/mol. The second-order valence-electron chi connectivity index (χ2n) is 7.26. The molecule has 1 aromatic carbocycles. The maximum Gasteiger partial charge on any atom is 0.236 e. The van der Waals surface area contributed by atoms with E-state index in [-0.39, 0.29) is 30.7 Å². The predicted octanol–water partition coefficient (Wildman–Crippen LogP) is 2.20. The van der Waals surface area contributed by atoms with Crippen molar-refractivity contribution in [3.05, 3.63) is 17.7 Å². The number of piperazine rings is 1. The smallest absolute Gasteiger partial charge is 0.236 e. The highest BCUT2D eigenvalue weighted by Gasteiger charge is 2.24. The van der Waals surface area contributed by atoms with Gasteiger partial charge in [-0.15, -0.1) is 24.8 Å². The Morgan fingerprint density at radius 1 is 1.00 bits per heavy atom. The van der Waals surface area contributed by atoms with Gasteiger partial charge in [0, 0.05) is 32.7 Å². The number of amides is 1. The van der Waals surface area contributed by atoms with Gasteiger partial charge in [0.2, 0.25) is 11.7 Å². The van der Waals surface area contributed by atoms with E-state index in [0.29, 0.717) is 23.8 Å². The number of halogens is 2. The van der Waals surface area contributed by atoms with E-state index in [4.69, 9.17) is 14.2 Å². The zero-order chi connectivity index (χ0) is 19.2. The van der Waals surface area contributed by atoms with Crippen molar-refractivity contribution in [1.82, 2.24) is 15.1 Å². The van der Waals surface area contributed by atoms with Crippen LogP contribution in [-0.4, -0.2) is 76.3 Å². The first-order chi connectivity index (χ1) is 13.1. The van der Waals surface area contributed by atoms with Gasteiger partial charge in [0.25, 0.3) is 0 Å². The molecule has 1 aliphatic heterocycles. The molecule has 2 fully saturated rings. The lowest BCUT2D eigenvalue weighted by Crippen LogP contribution is -2.50. The molecule has 1 saturated carbocycles. The first-order valence-corrected chi connectivity index (χ1v) is 9.64. The number of carbonyl (C=O) groups excluding carboxylic acids is 1. The largest absolute Gasteiger partial charge is 0.493 e. The SMILES string of the molecule is COc1cc(CN2CCN(C(=O)CNCC3CC3)CC2)cc(OC)c1OC.Cl.Cl. The Bertz CT molecular complexity index is 626. The lowest BCUT2D eigenvalue weighted by atomic mass is 10.1. The molecule has 9 heteroatoms. The van der Waals surface area contributed by atoms with E-state index >= 15 is 0 Å². The van der Waals surface area contributed by atoms with Gasteiger partial charge in [-0.05, 0) is 43.0 Å². The molecular formula is C20H33Cl2N3O4. The third kappa shape index (κ3) is 7.10. The molecule has 1 heterocycles. The lowest BCUT2D eigenvalue weighted by molar-refractivity contribution is -0.132. The second kappa shape index (κ2) is 12.3. The van der Waals surface area contributed by atoms with E-state index in [0.717, 1.165) is 50.7 Å². The van der Waals surface area contributed by atoms with Gasteiger partial charge in [0.1, 0.15) is 0 Å². The Morgan fingerprint density at radius 3 is 2.07 bits per heavy atom. The fourth-order valence-corrected chi connectivity index (χ4v) is 3.46. The van der Waals surface area contributed by atoms with Gasteiger partial charge in [0.05, 0.1) is 27.9 Å². The van der Waals surface area contributed by atoms with Gasteiger partial charge in [-0.1, -0.05) is 0 Å². The number of benzene rings is 1. The highest BCUT2D eigenvalue weighted by atomic mass is 35.5. The molecule has 0 radical (unpaired) electrons. The van der Waals surface area contributed by atoms with Crippen molar-refractivity contribution >= 4 is 30.7 Å². The molecule has 1 aliphatic carbocycles. The summed E-state index contributed by atoms with van der Waals surface area (Å²) in [6, 6.07) is 3.97. The molecule has 0 spiro atoms. The molecule has 7 nitrogen and oxygen atoms in total. The molecule has 0 atom stereocenters. The van der Waals surface area contributed by atoms with E-state index in [1.54, 1.807) is 21.3 Å². The van der Waals surface area contributed by atoms with Crippen LogP contribution >= 0.6 is 24.8 Å². The van der Waals surface area contributed by atoms with E-state index in [2.05, 4.69) is 10.2 Å². The van der Waals surface area contributed by atoms with E-state index < -0.39 is 0 Å². The van der Waals surface area contributed by atoms with Crippen molar-refractivity contribution in [2.45, 2.75) is 19.4 Å². The van der Waals surface area contributed by atoms with Crippen molar-refractivity contribution in [3.63, 3.8) is 0 Å². The Labute approximate surface area is 185 Å². The Hall–Kier alpha value is -1.41.